The minimum atomic E-state index is -0.674. The molecule has 0 saturated carbocycles. The SMILES string of the molecule is CCCCCCC=CCC=CCC(O)CCCCCCCCCCCCC(=O)O. The molecule has 1 unspecified atom stereocenters. The molecule has 0 aromatic heterocycles. The van der Waals surface area contributed by atoms with Crippen molar-refractivity contribution in [2.45, 2.75) is 135 Å². The van der Waals surface area contributed by atoms with Crippen LogP contribution in [0.4, 0.5) is 0 Å². The van der Waals surface area contributed by atoms with Gasteiger partial charge in [-0.05, 0) is 38.5 Å². The zero-order valence-electron chi connectivity index (χ0n) is 19.1. The molecule has 3 heteroatoms. The van der Waals surface area contributed by atoms with Crippen molar-refractivity contribution in [2.24, 2.45) is 0 Å². The average molecular weight is 409 g/mol. The monoisotopic (exact) mass is 408 g/mol. The number of carboxylic acids is 1. The molecular weight excluding hydrogens is 360 g/mol. The van der Waals surface area contributed by atoms with Gasteiger partial charge in [-0.3, -0.25) is 4.79 Å². The Bertz CT molecular complexity index is 401. The Balaban J connectivity index is 3.30. The molecular formula is C26H48O3. The first-order valence-corrected chi connectivity index (χ1v) is 12.4. The third-order valence-electron chi connectivity index (χ3n) is 5.42. The third kappa shape index (κ3) is 24.9. The second kappa shape index (κ2) is 23.2. The van der Waals surface area contributed by atoms with E-state index in [1.54, 1.807) is 0 Å². The summed E-state index contributed by atoms with van der Waals surface area (Å²) in [4.78, 5) is 10.4. The molecule has 0 spiro atoms. The summed E-state index contributed by atoms with van der Waals surface area (Å²) in [6, 6.07) is 0. The van der Waals surface area contributed by atoms with Crippen LogP contribution in [0.1, 0.15) is 129 Å². The Hall–Kier alpha value is -1.09. The van der Waals surface area contributed by atoms with Crippen LogP contribution in [0.15, 0.2) is 24.3 Å². The number of unbranched alkanes of at least 4 members (excludes halogenated alkanes) is 13. The van der Waals surface area contributed by atoms with Gasteiger partial charge >= 0.3 is 5.97 Å². The molecule has 0 aliphatic heterocycles. The molecule has 0 saturated heterocycles. The maximum Gasteiger partial charge on any atom is 0.303 e. The number of aliphatic hydroxyl groups excluding tert-OH is 1. The van der Waals surface area contributed by atoms with E-state index in [-0.39, 0.29) is 6.10 Å². The molecule has 0 bridgehead atoms. The maximum absolute atomic E-state index is 10.4. The van der Waals surface area contributed by atoms with Crippen LogP contribution in [-0.2, 0) is 4.79 Å². The lowest BCUT2D eigenvalue weighted by Gasteiger charge is -2.07. The molecule has 0 aliphatic rings. The molecule has 1 atom stereocenters. The molecule has 0 heterocycles. The van der Waals surface area contributed by atoms with Crippen molar-refractivity contribution in [1.29, 1.82) is 0 Å². The van der Waals surface area contributed by atoms with Gasteiger partial charge in [0.2, 0.25) is 0 Å². The number of rotatable bonds is 22. The molecule has 3 nitrogen and oxygen atoms in total. The lowest BCUT2D eigenvalue weighted by molar-refractivity contribution is -0.137. The van der Waals surface area contributed by atoms with Crippen LogP contribution in [0.25, 0.3) is 0 Å². The van der Waals surface area contributed by atoms with Crippen LogP contribution in [-0.4, -0.2) is 22.3 Å². The van der Waals surface area contributed by atoms with Gasteiger partial charge in [0.1, 0.15) is 0 Å². The van der Waals surface area contributed by atoms with Crippen molar-refractivity contribution in [3.63, 3.8) is 0 Å². The van der Waals surface area contributed by atoms with Crippen molar-refractivity contribution < 1.29 is 15.0 Å². The van der Waals surface area contributed by atoms with Crippen molar-refractivity contribution in [3.05, 3.63) is 24.3 Å². The fourth-order valence-corrected chi connectivity index (χ4v) is 3.52. The number of aliphatic hydroxyl groups is 1. The van der Waals surface area contributed by atoms with Gasteiger partial charge in [-0.15, -0.1) is 0 Å². The Morgan fingerprint density at radius 2 is 1.28 bits per heavy atom. The van der Waals surface area contributed by atoms with Crippen molar-refractivity contribution >= 4 is 5.97 Å². The van der Waals surface area contributed by atoms with E-state index in [2.05, 4.69) is 31.2 Å². The number of carboxylic acid groups (broad SMARTS) is 1. The van der Waals surface area contributed by atoms with Gasteiger partial charge in [-0.1, -0.05) is 108 Å². The summed E-state index contributed by atoms with van der Waals surface area (Å²) in [5, 5.41) is 18.6. The zero-order chi connectivity index (χ0) is 21.4. The first kappa shape index (κ1) is 27.9. The molecule has 0 rings (SSSR count). The molecule has 0 aromatic rings. The average Bonchev–Trinajstić information content (AvgIpc) is 2.70. The van der Waals surface area contributed by atoms with Crippen LogP contribution >= 0.6 is 0 Å². The molecule has 29 heavy (non-hydrogen) atoms. The standard InChI is InChI=1S/C26H48O3/c1-2-3-4-5-6-7-10-13-16-19-22-25(27)23-20-17-14-11-8-9-12-15-18-21-24-26(28)29/h7,10,16,19,25,27H,2-6,8-9,11-15,17-18,20-24H2,1H3,(H,28,29). The van der Waals surface area contributed by atoms with Crippen LogP contribution in [0, 0.1) is 0 Å². The van der Waals surface area contributed by atoms with Crippen LogP contribution in [0.3, 0.4) is 0 Å². The van der Waals surface area contributed by atoms with E-state index < -0.39 is 5.97 Å². The van der Waals surface area contributed by atoms with Gasteiger partial charge in [-0.25, -0.2) is 0 Å². The van der Waals surface area contributed by atoms with Gasteiger partial charge < -0.3 is 10.2 Å². The second-order valence-corrected chi connectivity index (χ2v) is 8.39. The first-order chi connectivity index (χ1) is 14.2. The summed E-state index contributed by atoms with van der Waals surface area (Å²) >= 11 is 0. The van der Waals surface area contributed by atoms with Gasteiger partial charge in [0.15, 0.2) is 0 Å². The number of allylic oxidation sites excluding steroid dienone is 3. The largest absolute Gasteiger partial charge is 0.481 e. The topological polar surface area (TPSA) is 57.5 Å². The van der Waals surface area contributed by atoms with Crippen molar-refractivity contribution in [1.82, 2.24) is 0 Å². The molecule has 0 amide bonds. The maximum atomic E-state index is 10.4. The van der Waals surface area contributed by atoms with Gasteiger partial charge in [0, 0.05) is 6.42 Å². The lowest BCUT2D eigenvalue weighted by Crippen LogP contribution is -2.04. The number of carbonyl (C=O) groups is 1. The fourth-order valence-electron chi connectivity index (χ4n) is 3.52. The second-order valence-electron chi connectivity index (χ2n) is 8.39. The summed E-state index contributed by atoms with van der Waals surface area (Å²) in [7, 11) is 0. The summed E-state index contributed by atoms with van der Waals surface area (Å²) < 4.78 is 0. The molecule has 2 N–H and O–H groups in total. The minimum absolute atomic E-state index is 0.185. The van der Waals surface area contributed by atoms with Crippen molar-refractivity contribution in [3.8, 4) is 0 Å². The van der Waals surface area contributed by atoms with E-state index >= 15 is 0 Å². The third-order valence-corrected chi connectivity index (χ3v) is 5.42. The molecule has 170 valence electrons. The first-order valence-electron chi connectivity index (χ1n) is 12.4. The highest BCUT2D eigenvalue weighted by Gasteiger charge is 2.01. The molecule has 0 aliphatic carbocycles. The van der Waals surface area contributed by atoms with E-state index in [1.165, 1.54) is 77.0 Å². The van der Waals surface area contributed by atoms with E-state index in [0.29, 0.717) is 6.42 Å². The predicted octanol–water partition coefficient (Wildman–Crippen LogP) is 7.98. The van der Waals surface area contributed by atoms with Gasteiger partial charge in [-0.2, -0.15) is 0 Å². The van der Waals surface area contributed by atoms with Gasteiger partial charge in [0.05, 0.1) is 6.10 Å². The Kier molecular flexibility index (Phi) is 22.3. The summed E-state index contributed by atoms with van der Waals surface area (Å²) in [6.07, 6.45) is 29.9. The highest BCUT2D eigenvalue weighted by Crippen LogP contribution is 2.13. The van der Waals surface area contributed by atoms with E-state index in [9.17, 15) is 9.90 Å². The lowest BCUT2D eigenvalue weighted by atomic mass is 10.0. The highest BCUT2D eigenvalue weighted by molar-refractivity contribution is 5.66. The Labute approximate surface area is 180 Å². The van der Waals surface area contributed by atoms with Crippen LogP contribution in [0.2, 0.25) is 0 Å². The quantitative estimate of drug-likeness (QED) is 0.141. The van der Waals surface area contributed by atoms with E-state index in [0.717, 1.165) is 38.5 Å². The number of hydrogen-bond donors (Lipinski definition) is 2. The Morgan fingerprint density at radius 1 is 0.724 bits per heavy atom. The van der Waals surface area contributed by atoms with Crippen LogP contribution < -0.4 is 0 Å². The van der Waals surface area contributed by atoms with E-state index in [1.807, 2.05) is 0 Å². The van der Waals surface area contributed by atoms with Gasteiger partial charge in [0.25, 0.3) is 0 Å². The van der Waals surface area contributed by atoms with Crippen molar-refractivity contribution in [2.75, 3.05) is 0 Å². The molecule has 0 aromatic carbocycles. The Morgan fingerprint density at radius 3 is 1.90 bits per heavy atom. The van der Waals surface area contributed by atoms with E-state index in [4.69, 9.17) is 5.11 Å². The number of hydrogen-bond acceptors (Lipinski definition) is 2. The fraction of sp³-hybridized carbons (Fsp3) is 0.808. The summed E-state index contributed by atoms with van der Waals surface area (Å²) in [5.41, 5.74) is 0. The van der Waals surface area contributed by atoms with Crippen LogP contribution in [0.5, 0.6) is 0 Å². The smallest absolute Gasteiger partial charge is 0.303 e. The molecule has 0 fully saturated rings. The molecule has 0 radical (unpaired) electrons. The summed E-state index contributed by atoms with van der Waals surface area (Å²) in [5.74, 6) is -0.674. The zero-order valence-corrected chi connectivity index (χ0v) is 19.1. The number of aliphatic carboxylic acids is 1. The predicted molar refractivity (Wildman–Crippen MR) is 125 cm³/mol. The highest BCUT2D eigenvalue weighted by atomic mass is 16.4. The minimum Gasteiger partial charge on any atom is -0.481 e. The summed E-state index contributed by atoms with van der Waals surface area (Å²) in [6.45, 7) is 2.24. The normalized spacial score (nSPS) is 12.9.